The van der Waals surface area contributed by atoms with Crippen LogP contribution in [0.25, 0.3) is 0 Å². The van der Waals surface area contributed by atoms with Crippen LogP contribution in [0.15, 0.2) is 12.1 Å². The second kappa shape index (κ2) is 7.00. The van der Waals surface area contributed by atoms with Gasteiger partial charge in [0.1, 0.15) is 5.75 Å². The molecule has 1 heteroatoms. The first-order valence-electron chi connectivity index (χ1n) is 10.1. The van der Waals surface area contributed by atoms with E-state index in [9.17, 15) is 5.11 Å². The zero-order chi connectivity index (χ0) is 20.9. The number of rotatable bonds is 2. The molecule has 2 aromatic rings. The Bertz CT molecular complexity index is 807. The summed E-state index contributed by atoms with van der Waals surface area (Å²) >= 11 is 0. The Balaban J connectivity index is 2.72. The van der Waals surface area contributed by atoms with E-state index < -0.39 is 0 Å². The lowest BCUT2D eigenvalue weighted by molar-refractivity contribution is 0.423. The molecule has 0 unspecified atom stereocenters. The minimum atomic E-state index is -0.0940. The molecule has 0 saturated heterocycles. The lowest BCUT2D eigenvalue weighted by Crippen LogP contribution is -2.18. The average molecular weight is 367 g/mol. The van der Waals surface area contributed by atoms with E-state index in [1.807, 2.05) is 0 Å². The Morgan fingerprint density at radius 1 is 0.630 bits per heavy atom. The van der Waals surface area contributed by atoms with Gasteiger partial charge < -0.3 is 5.11 Å². The molecule has 1 nitrogen and oxygen atoms in total. The van der Waals surface area contributed by atoms with Gasteiger partial charge in [0.05, 0.1) is 0 Å². The second-order valence-corrected chi connectivity index (χ2v) is 10.3. The summed E-state index contributed by atoms with van der Waals surface area (Å²) in [5.74, 6) is 0.462. The zero-order valence-corrected chi connectivity index (χ0v) is 19.3. The number of benzene rings is 2. The highest BCUT2D eigenvalue weighted by Gasteiger charge is 2.27. The molecule has 0 aromatic heterocycles. The largest absolute Gasteiger partial charge is 0.507 e. The maximum absolute atomic E-state index is 11.0. The Hall–Kier alpha value is -1.76. The first-order chi connectivity index (χ1) is 12.2. The van der Waals surface area contributed by atoms with Crippen molar-refractivity contribution in [1.29, 1.82) is 0 Å². The van der Waals surface area contributed by atoms with E-state index in [0.717, 1.165) is 17.5 Å². The molecule has 0 heterocycles. The first kappa shape index (κ1) is 21.5. The predicted octanol–water partition coefficient (Wildman–Crippen LogP) is 7.12. The SMILES string of the molecule is Cc1c(C)c(C)c(Cc2cc(C(C)(C)C)c(O)c(C(C)(C)C)c2)c(C)c1C. The topological polar surface area (TPSA) is 20.2 Å². The third-order valence-electron chi connectivity index (χ3n) is 6.32. The molecule has 0 aliphatic heterocycles. The molecule has 0 bridgehead atoms. The van der Waals surface area contributed by atoms with E-state index in [1.54, 1.807) is 0 Å². The van der Waals surface area contributed by atoms with Crippen LogP contribution in [0.3, 0.4) is 0 Å². The van der Waals surface area contributed by atoms with E-state index in [0.29, 0.717) is 5.75 Å². The van der Waals surface area contributed by atoms with Crippen molar-refractivity contribution in [3.8, 4) is 5.75 Å². The molecule has 0 aliphatic carbocycles. The van der Waals surface area contributed by atoms with E-state index in [1.165, 1.54) is 38.9 Å². The summed E-state index contributed by atoms with van der Waals surface area (Å²) in [4.78, 5) is 0. The van der Waals surface area contributed by atoms with Crippen molar-refractivity contribution in [2.24, 2.45) is 0 Å². The summed E-state index contributed by atoms with van der Waals surface area (Å²) in [6, 6.07) is 4.43. The van der Waals surface area contributed by atoms with Crippen molar-refractivity contribution < 1.29 is 5.11 Å². The van der Waals surface area contributed by atoms with Gasteiger partial charge in [-0.1, -0.05) is 53.7 Å². The van der Waals surface area contributed by atoms with Gasteiger partial charge in [0.25, 0.3) is 0 Å². The molecule has 0 radical (unpaired) electrons. The molecule has 0 saturated carbocycles. The minimum absolute atomic E-state index is 0.0940. The highest BCUT2D eigenvalue weighted by Crippen LogP contribution is 2.40. The summed E-state index contributed by atoms with van der Waals surface area (Å²) < 4.78 is 0. The van der Waals surface area contributed by atoms with Crippen molar-refractivity contribution >= 4 is 0 Å². The lowest BCUT2D eigenvalue weighted by atomic mass is 9.77. The fourth-order valence-electron chi connectivity index (χ4n) is 3.99. The predicted molar refractivity (Wildman–Crippen MR) is 118 cm³/mol. The molecular formula is C26H38O. The second-order valence-electron chi connectivity index (χ2n) is 10.3. The van der Waals surface area contributed by atoms with Crippen LogP contribution < -0.4 is 0 Å². The van der Waals surface area contributed by atoms with Crippen LogP contribution >= 0.6 is 0 Å². The quantitative estimate of drug-likeness (QED) is 0.600. The van der Waals surface area contributed by atoms with Crippen molar-refractivity contribution in [3.05, 3.63) is 62.2 Å². The molecule has 0 fully saturated rings. The monoisotopic (exact) mass is 366 g/mol. The number of phenolic OH excluding ortho intramolecular Hbond substituents is 1. The molecule has 1 N–H and O–H groups in total. The minimum Gasteiger partial charge on any atom is -0.507 e. The standard InChI is InChI=1S/C26H38O/c1-15-16(2)18(4)21(19(5)17(15)3)12-20-13-22(25(6,7)8)24(27)23(14-20)26(9,10)11/h13-14,27H,12H2,1-11H3. The highest BCUT2D eigenvalue weighted by molar-refractivity contribution is 5.54. The van der Waals surface area contributed by atoms with Gasteiger partial charge in [-0.15, -0.1) is 0 Å². The summed E-state index contributed by atoms with van der Waals surface area (Å²) in [5, 5.41) is 11.0. The maximum Gasteiger partial charge on any atom is 0.123 e. The van der Waals surface area contributed by atoms with Gasteiger partial charge in [0, 0.05) is 0 Å². The first-order valence-corrected chi connectivity index (χ1v) is 10.1. The smallest absolute Gasteiger partial charge is 0.123 e. The molecule has 0 amide bonds. The van der Waals surface area contributed by atoms with Crippen LogP contribution in [-0.4, -0.2) is 5.11 Å². The normalized spacial score (nSPS) is 12.6. The van der Waals surface area contributed by atoms with Crippen LogP contribution in [0.2, 0.25) is 0 Å². The molecule has 148 valence electrons. The van der Waals surface area contributed by atoms with Crippen LogP contribution in [0.1, 0.15) is 91.6 Å². The third-order valence-corrected chi connectivity index (χ3v) is 6.32. The van der Waals surface area contributed by atoms with Crippen molar-refractivity contribution in [1.82, 2.24) is 0 Å². The summed E-state index contributed by atoms with van der Waals surface area (Å²) in [6.07, 6.45) is 0.909. The van der Waals surface area contributed by atoms with E-state index in [2.05, 4.69) is 88.3 Å². The molecule has 0 aliphatic rings. The average Bonchev–Trinajstić information content (AvgIpc) is 2.54. The van der Waals surface area contributed by atoms with Gasteiger partial charge in [0.2, 0.25) is 0 Å². The fourth-order valence-corrected chi connectivity index (χ4v) is 3.99. The Morgan fingerprint density at radius 2 is 0.963 bits per heavy atom. The van der Waals surface area contributed by atoms with Gasteiger partial charge in [-0.25, -0.2) is 0 Å². The van der Waals surface area contributed by atoms with Crippen LogP contribution in [0, 0.1) is 34.6 Å². The molecule has 27 heavy (non-hydrogen) atoms. The van der Waals surface area contributed by atoms with Crippen LogP contribution in [-0.2, 0) is 17.3 Å². The molecule has 0 atom stereocenters. The summed E-state index contributed by atoms with van der Waals surface area (Å²) in [6.45, 7) is 24.2. The van der Waals surface area contributed by atoms with Crippen LogP contribution in [0.4, 0.5) is 0 Å². The fraction of sp³-hybridized carbons (Fsp3) is 0.538. The number of aromatic hydroxyl groups is 1. The maximum atomic E-state index is 11.0. The molecule has 2 aromatic carbocycles. The van der Waals surface area contributed by atoms with Crippen molar-refractivity contribution in [2.75, 3.05) is 0 Å². The highest BCUT2D eigenvalue weighted by atomic mass is 16.3. The van der Waals surface area contributed by atoms with Gasteiger partial charge in [-0.05, 0) is 102 Å². The van der Waals surface area contributed by atoms with Crippen LogP contribution in [0.5, 0.6) is 5.75 Å². The summed E-state index contributed by atoms with van der Waals surface area (Å²) in [7, 11) is 0. The van der Waals surface area contributed by atoms with E-state index in [4.69, 9.17) is 0 Å². The van der Waals surface area contributed by atoms with Gasteiger partial charge in [-0.2, -0.15) is 0 Å². The Labute approximate surface area is 166 Å². The zero-order valence-electron chi connectivity index (χ0n) is 19.3. The van der Waals surface area contributed by atoms with Crippen molar-refractivity contribution in [3.63, 3.8) is 0 Å². The molecular weight excluding hydrogens is 328 g/mol. The Kier molecular flexibility index (Phi) is 5.59. The third kappa shape index (κ3) is 4.08. The number of phenols is 1. The lowest BCUT2D eigenvalue weighted by Gasteiger charge is -2.28. The number of hydrogen-bond donors (Lipinski definition) is 1. The Morgan fingerprint density at radius 3 is 1.30 bits per heavy atom. The molecule has 0 spiro atoms. The van der Waals surface area contributed by atoms with Gasteiger partial charge in [-0.3, -0.25) is 0 Å². The van der Waals surface area contributed by atoms with E-state index in [-0.39, 0.29) is 10.8 Å². The molecule has 2 rings (SSSR count). The van der Waals surface area contributed by atoms with Crippen molar-refractivity contribution in [2.45, 2.75) is 93.4 Å². The van der Waals surface area contributed by atoms with E-state index >= 15 is 0 Å². The summed E-state index contributed by atoms with van der Waals surface area (Å²) in [5.41, 5.74) is 11.6. The van der Waals surface area contributed by atoms with Gasteiger partial charge >= 0.3 is 0 Å². The number of hydrogen-bond acceptors (Lipinski definition) is 1. The van der Waals surface area contributed by atoms with Gasteiger partial charge in [0.15, 0.2) is 0 Å².